The molecule has 1 fully saturated rings. The third kappa shape index (κ3) is 3.21. The molecule has 20 heavy (non-hydrogen) atoms. The van der Waals surface area contributed by atoms with Gasteiger partial charge < -0.3 is 19.5 Å². The van der Waals surface area contributed by atoms with E-state index in [1.165, 1.54) is 24.1 Å². The van der Waals surface area contributed by atoms with Crippen LogP contribution in [0.1, 0.15) is 16.9 Å². The number of hydrogen-bond donors (Lipinski definition) is 1. The molecule has 0 radical (unpaired) electrons. The van der Waals surface area contributed by atoms with E-state index in [4.69, 9.17) is 14.6 Å². The van der Waals surface area contributed by atoms with Crippen LogP contribution in [0.15, 0.2) is 12.1 Å². The number of nitrogens with zero attached hydrogens (tertiary/aromatic N) is 3. The van der Waals surface area contributed by atoms with Crippen molar-refractivity contribution in [2.75, 3.05) is 26.9 Å². The number of carboxylic acid groups (broad SMARTS) is 1. The summed E-state index contributed by atoms with van der Waals surface area (Å²) in [7, 11) is 1.45. The van der Waals surface area contributed by atoms with Gasteiger partial charge in [0.15, 0.2) is 5.69 Å². The van der Waals surface area contributed by atoms with Gasteiger partial charge in [0.25, 0.3) is 5.91 Å². The fourth-order valence-electron chi connectivity index (χ4n) is 1.98. The number of morpholine rings is 1. The molecule has 1 aliphatic heterocycles. The lowest BCUT2D eigenvalue weighted by Gasteiger charge is -2.34. The van der Waals surface area contributed by atoms with Crippen molar-refractivity contribution in [3.05, 3.63) is 17.8 Å². The number of carbonyl (C=O) groups excluding carboxylic acids is 1. The molecular formula is C12H15N3O5. The molecule has 1 saturated heterocycles. The molecule has 8 heteroatoms. The highest BCUT2D eigenvalue weighted by atomic mass is 16.5. The summed E-state index contributed by atoms with van der Waals surface area (Å²) in [5.41, 5.74) is 0.156. The van der Waals surface area contributed by atoms with Gasteiger partial charge in [0.05, 0.1) is 32.8 Å². The summed E-state index contributed by atoms with van der Waals surface area (Å²) in [4.78, 5) is 24.6. The first-order chi connectivity index (χ1) is 9.61. The second kappa shape index (κ2) is 6.29. The van der Waals surface area contributed by atoms with Crippen molar-refractivity contribution in [3.63, 3.8) is 0 Å². The summed E-state index contributed by atoms with van der Waals surface area (Å²) in [6.45, 7) is 0.928. The van der Waals surface area contributed by atoms with Crippen LogP contribution in [0.3, 0.4) is 0 Å². The lowest BCUT2D eigenvalue weighted by atomic mass is 10.1. The van der Waals surface area contributed by atoms with Crippen LogP contribution >= 0.6 is 0 Å². The van der Waals surface area contributed by atoms with Gasteiger partial charge in [-0.3, -0.25) is 9.59 Å². The molecule has 0 spiro atoms. The van der Waals surface area contributed by atoms with Crippen LogP contribution < -0.4 is 4.74 Å². The highest BCUT2D eigenvalue weighted by molar-refractivity contribution is 5.92. The number of hydrogen-bond acceptors (Lipinski definition) is 6. The zero-order chi connectivity index (χ0) is 14.5. The average Bonchev–Trinajstić information content (AvgIpc) is 2.46. The van der Waals surface area contributed by atoms with Crippen LogP contribution in [0.5, 0.6) is 5.88 Å². The molecule has 1 unspecified atom stereocenters. The number of methoxy groups -OCH3 is 1. The van der Waals surface area contributed by atoms with Crippen molar-refractivity contribution < 1.29 is 24.2 Å². The highest BCUT2D eigenvalue weighted by Crippen LogP contribution is 2.14. The number of aromatic nitrogens is 2. The number of aliphatic carboxylic acids is 1. The number of carboxylic acids is 1. The molecule has 1 amide bonds. The Kier molecular flexibility index (Phi) is 4.46. The second-order valence-corrected chi connectivity index (χ2v) is 4.29. The van der Waals surface area contributed by atoms with Crippen LogP contribution in [0, 0.1) is 0 Å². The summed E-state index contributed by atoms with van der Waals surface area (Å²) in [6.07, 6.45) is -0.157. The minimum Gasteiger partial charge on any atom is -0.481 e. The van der Waals surface area contributed by atoms with Gasteiger partial charge in [0.2, 0.25) is 5.88 Å². The summed E-state index contributed by atoms with van der Waals surface area (Å²) in [5.74, 6) is -1.01. The summed E-state index contributed by atoms with van der Waals surface area (Å²) < 4.78 is 10.1. The van der Waals surface area contributed by atoms with Crippen LogP contribution in [0.2, 0.25) is 0 Å². The molecule has 1 aliphatic rings. The zero-order valence-corrected chi connectivity index (χ0v) is 11.0. The van der Waals surface area contributed by atoms with Crippen molar-refractivity contribution in [2.45, 2.75) is 12.5 Å². The second-order valence-electron chi connectivity index (χ2n) is 4.29. The van der Waals surface area contributed by atoms with Gasteiger partial charge in [-0.15, -0.1) is 10.2 Å². The predicted molar refractivity (Wildman–Crippen MR) is 66.5 cm³/mol. The Morgan fingerprint density at radius 1 is 1.50 bits per heavy atom. The van der Waals surface area contributed by atoms with E-state index in [1.54, 1.807) is 0 Å². The normalized spacial score (nSPS) is 18.6. The van der Waals surface area contributed by atoms with E-state index in [0.717, 1.165) is 0 Å². The largest absolute Gasteiger partial charge is 0.481 e. The fraction of sp³-hybridized carbons (Fsp3) is 0.500. The van der Waals surface area contributed by atoms with Gasteiger partial charge in [0.1, 0.15) is 0 Å². The first kappa shape index (κ1) is 14.2. The molecule has 1 aromatic heterocycles. The minimum atomic E-state index is -0.973. The van der Waals surface area contributed by atoms with E-state index in [1.807, 2.05) is 0 Å². The van der Waals surface area contributed by atoms with Gasteiger partial charge >= 0.3 is 5.97 Å². The van der Waals surface area contributed by atoms with E-state index >= 15 is 0 Å². The topological polar surface area (TPSA) is 102 Å². The molecule has 0 aliphatic carbocycles. The van der Waals surface area contributed by atoms with Gasteiger partial charge in [-0.25, -0.2) is 0 Å². The van der Waals surface area contributed by atoms with Crippen LogP contribution in [0.4, 0.5) is 0 Å². The van der Waals surface area contributed by atoms with Gasteiger partial charge in [0, 0.05) is 12.6 Å². The lowest BCUT2D eigenvalue weighted by Crippen LogP contribution is -2.49. The standard InChI is InChI=1S/C12H15N3O5/c1-19-10-3-2-9(13-14-10)12(18)15-4-5-20-7-8(15)6-11(16)17/h2-3,8H,4-7H2,1H3,(H,16,17). The van der Waals surface area contributed by atoms with E-state index in [9.17, 15) is 9.59 Å². The molecule has 8 nitrogen and oxygen atoms in total. The predicted octanol–water partition coefficient (Wildman–Crippen LogP) is -0.199. The number of rotatable bonds is 4. The molecule has 0 bridgehead atoms. The van der Waals surface area contributed by atoms with Crippen LogP contribution in [-0.4, -0.2) is 65.0 Å². The van der Waals surface area contributed by atoms with Crippen LogP contribution in [0.25, 0.3) is 0 Å². The molecule has 0 saturated carbocycles. The Hall–Kier alpha value is -2.22. The Morgan fingerprint density at radius 3 is 2.90 bits per heavy atom. The van der Waals surface area contributed by atoms with Crippen molar-refractivity contribution in [1.82, 2.24) is 15.1 Å². The molecule has 1 atom stereocenters. The van der Waals surface area contributed by atoms with Crippen molar-refractivity contribution in [2.24, 2.45) is 0 Å². The van der Waals surface area contributed by atoms with Gasteiger partial charge in [-0.1, -0.05) is 0 Å². The first-order valence-corrected chi connectivity index (χ1v) is 6.10. The number of amides is 1. The van der Waals surface area contributed by atoms with E-state index in [-0.39, 0.29) is 24.6 Å². The summed E-state index contributed by atoms with van der Waals surface area (Å²) in [6, 6.07) is 2.55. The summed E-state index contributed by atoms with van der Waals surface area (Å²) >= 11 is 0. The Labute approximate surface area is 115 Å². The fourth-order valence-corrected chi connectivity index (χ4v) is 1.98. The Morgan fingerprint density at radius 2 is 2.30 bits per heavy atom. The summed E-state index contributed by atoms with van der Waals surface area (Å²) in [5, 5.41) is 16.4. The Balaban J connectivity index is 2.13. The third-order valence-electron chi connectivity index (χ3n) is 2.97. The maximum atomic E-state index is 12.3. The maximum Gasteiger partial charge on any atom is 0.305 e. The Bertz CT molecular complexity index is 490. The van der Waals surface area contributed by atoms with Crippen molar-refractivity contribution >= 4 is 11.9 Å². The van der Waals surface area contributed by atoms with Crippen molar-refractivity contribution in [3.8, 4) is 5.88 Å². The minimum absolute atomic E-state index is 0.156. The molecule has 0 aromatic carbocycles. The zero-order valence-electron chi connectivity index (χ0n) is 11.0. The maximum absolute atomic E-state index is 12.3. The number of ether oxygens (including phenoxy) is 2. The molecule has 1 N–H and O–H groups in total. The smallest absolute Gasteiger partial charge is 0.305 e. The van der Waals surface area contributed by atoms with E-state index in [0.29, 0.717) is 19.0 Å². The molecule has 2 rings (SSSR count). The molecule has 1 aromatic rings. The number of carbonyl (C=O) groups is 2. The van der Waals surface area contributed by atoms with Gasteiger partial charge in [-0.2, -0.15) is 0 Å². The SMILES string of the molecule is COc1ccc(C(=O)N2CCOCC2CC(=O)O)nn1. The molecule has 2 heterocycles. The molecule has 108 valence electrons. The third-order valence-corrected chi connectivity index (χ3v) is 2.97. The van der Waals surface area contributed by atoms with E-state index in [2.05, 4.69) is 10.2 Å². The van der Waals surface area contributed by atoms with Crippen molar-refractivity contribution in [1.29, 1.82) is 0 Å². The van der Waals surface area contributed by atoms with Crippen LogP contribution in [-0.2, 0) is 9.53 Å². The van der Waals surface area contributed by atoms with Gasteiger partial charge in [-0.05, 0) is 6.07 Å². The van der Waals surface area contributed by atoms with E-state index < -0.39 is 12.0 Å². The highest BCUT2D eigenvalue weighted by Gasteiger charge is 2.30. The first-order valence-electron chi connectivity index (χ1n) is 6.10. The monoisotopic (exact) mass is 281 g/mol. The quantitative estimate of drug-likeness (QED) is 0.815. The lowest BCUT2D eigenvalue weighted by molar-refractivity contribution is -0.139. The molecular weight excluding hydrogens is 266 g/mol. The average molecular weight is 281 g/mol.